The number of likely N-dealkylation sites (tertiary alicyclic amines) is 2. The molecule has 0 aromatic carbocycles. The Balaban J connectivity index is 1.75. The molecule has 118 valence electrons. The topological polar surface area (TPSA) is 95.7 Å². The molecule has 7 heteroatoms. The molecular formula is C14H24N4O3. The Morgan fingerprint density at radius 2 is 1.81 bits per heavy atom. The molecule has 1 unspecified atom stereocenters. The highest BCUT2D eigenvalue weighted by Gasteiger charge is 2.31. The molecule has 2 heterocycles. The standard InChI is InChI=1S/C14H24N4O3/c1-10(19)17-7-4-11(5-8-17)16-13(20)9-18-6-2-3-12(18)14(15)21/h11-12H,2-9H2,1H3,(H2,15,21)(H,16,20). The highest BCUT2D eigenvalue weighted by atomic mass is 16.2. The van der Waals surface area contributed by atoms with Crippen molar-refractivity contribution in [1.82, 2.24) is 15.1 Å². The summed E-state index contributed by atoms with van der Waals surface area (Å²) in [6, 6.07) is -0.196. The highest BCUT2D eigenvalue weighted by molar-refractivity contribution is 5.83. The van der Waals surface area contributed by atoms with Gasteiger partial charge in [-0.15, -0.1) is 0 Å². The Bertz CT molecular complexity index is 418. The Hall–Kier alpha value is -1.63. The average molecular weight is 296 g/mol. The third-order valence-electron chi connectivity index (χ3n) is 4.34. The summed E-state index contributed by atoms with van der Waals surface area (Å²) in [6.07, 6.45) is 3.20. The molecule has 0 radical (unpaired) electrons. The molecule has 3 amide bonds. The van der Waals surface area contributed by atoms with E-state index < -0.39 is 0 Å². The fraction of sp³-hybridized carbons (Fsp3) is 0.786. The van der Waals surface area contributed by atoms with E-state index in [1.54, 1.807) is 11.8 Å². The van der Waals surface area contributed by atoms with Crippen molar-refractivity contribution in [2.75, 3.05) is 26.2 Å². The maximum atomic E-state index is 12.1. The lowest BCUT2D eigenvalue weighted by molar-refractivity contribution is -0.130. The van der Waals surface area contributed by atoms with Crippen LogP contribution in [-0.2, 0) is 14.4 Å². The number of hydrogen-bond donors (Lipinski definition) is 2. The maximum absolute atomic E-state index is 12.1. The molecule has 0 bridgehead atoms. The molecule has 21 heavy (non-hydrogen) atoms. The van der Waals surface area contributed by atoms with Crippen LogP contribution in [0.3, 0.4) is 0 Å². The largest absolute Gasteiger partial charge is 0.368 e. The van der Waals surface area contributed by atoms with Gasteiger partial charge < -0.3 is 16.0 Å². The number of nitrogens with two attached hydrogens (primary N) is 1. The van der Waals surface area contributed by atoms with Crippen molar-refractivity contribution in [3.63, 3.8) is 0 Å². The van der Waals surface area contributed by atoms with Crippen LogP contribution in [0.5, 0.6) is 0 Å². The first-order chi connectivity index (χ1) is 9.97. The predicted octanol–water partition coefficient (Wildman–Crippen LogP) is -0.937. The molecule has 2 aliphatic rings. The minimum atomic E-state index is -0.352. The predicted molar refractivity (Wildman–Crippen MR) is 77.2 cm³/mol. The first-order valence-electron chi connectivity index (χ1n) is 7.55. The van der Waals surface area contributed by atoms with Crippen LogP contribution >= 0.6 is 0 Å². The monoisotopic (exact) mass is 296 g/mol. The number of nitrogens with zero attached hydrogens (tertiary/aromatic N) is 2. The molecule has 0 aliphatic carbocycles. The van der Waals surface area contributed by atoms with E-state index in [1.807, 2.05) is 4.90 Å². The fourth-order valence-electron chi connectivity index (χ4n) is 3.13. The number of amides is 3. The van der Waals surface area contributed by atoms with E-state index in [0.717, 1.165) is 32.2 Å². The summed E-state index contributed by atoms with van der Waals surface area (Å²) in [5.74, 6) is -0.333. The van der Waals surface area contributed by atoms with E-state index >= 15 is 0 Å². The normalized spacial score (nSPS) is 24.0. The molecule has 2 saturated heterocycles. The number of primary amides is 1. The van der Waals surface area contributed by atoms with Gasteiger partial charge >= 0.3 is 0 Å². The number of piperidine rings is 1. The van der Waals surface area contributed by atoms with Crippen molar-refractivity contribution in [2.45, 2.75) is 44.7 Å². The van der Waals surface area contributed by atoms with Crippen LogP contribution in [0.15, 0.2) is 0 Å². The Morgan fingerprint density at radius 3 is 2.38 bits per heavy atom. The number of carbonyl (C=O) groups is 3. The third kappa shape index (κ3) is 4.17. The molecular weight excluding hydrogens is 272 g/mol. The van der Waals surface area contributed by atoms with E-state index in [-0.39, 0.29) is 36.3 Å². The van der Waals surface area contributed by atoms with Gasteiger partial charge in [-0.25, -0.2) is 0 Å². The molecule has 0 aromatic heterocycles. The number of carbonyl (C=O) groups excluding carboxylic acids is 3. The van der Waals surface area contributed by atoms with Crippen molar-refractivity contribution >= 4 is 17.7 Å². The lowest BCUT2D eigenvalue weighted by Crippen LogP contribution is -2.50. The summed E-state index contributed by atoms with van der Waals surface area (Å²) in [6.45, 7) is 3.91. The van der Waals surface area contributed by atoms with Gasteiger partial charge in [-0.05, 0) is 32.2 Å². The van der Waals surface area contributed by atoms with Gasteiger partial charge in [0.05, 0.1) is 12.6 Å². The molecule has 2 rings (SSSR count). The summed E-state index contributed by atoms with van der Waals surface area (Å²) in [5, 5.41) is 2.99. The van der Waals surface area contributed by atoms with Crippen molar-refractivity contribution < 1.29 is 14.4 Å². The molecule has 2 fully saturated rings. The summed E-state index contributed by atoms with van der Waals surface area (Å²) < 4.78 is 0. The summed E-state index contributed by atoms with van der Waals surface area (Å²) in [4.78, 5) is 38.3. The van der Waals surface area contributed by atoms with Gasteiger partial charge in [0.2, 0.25) is 17.7 Å². The van der Waals surface area contributed by atoms with Gasteiger partial charge in [0.15, 0.2) is 0 Å². The fourth-order valence-corrected chi connectivity index (χ4v) is 3.13. The molecule has 3 N–H and O–H groups in total. The second-order valence-corrected chi connectivity index (χ2v) is 5.88. The first kappa shape index (κ1) is 15.8. The molecule has 7 nitrogen and oxygen atoms in total. The zero-order chi connectivity index (χ0) is 15.4. The van der Waals surface area contributed by atoms with Crippen molar-refractivity contribution in [3.05, 3.63) is 0 Å². The average Bonchev–Trinajstić information content (AvgIpc) is 2.87. The molecule has 2 aliphatic heterocycles. The van der Waals surface area contributed by atoms with Crippen LogP contribution in [0.1, 0.15) is 32.6 Å². The van der Waals surface area contributed by atoms with Crippen molar-refractivity contribution in [2.24, 2.45) is 5.73 Å². The van der Waals surface area contributed by atoms with Gasteiger partial charge in [-0.2, -0.15) is 0 Å². The highest BCUT2D eigenvalue weighted by Crippen LogP contribution is 2.16. The molecule has 0 saturated carbocycles. The summed E-state index contributed by atoms with van der Waals surface area (Å²) in [5.41, 5.74) is 5.34. The minimum Gasteiger partial charge on any atom is -0.368 e. The lowest BCUT2D eigenvalue weighted by atomic mass is 10.1. The van der Waals surface area contributed by atoms with Crippen LogP contribution in [0.2, 0.25) is 0 Å². The van der Waals surface area contributed by atoms with E-state index in [4.69, 9.17) is 5.73 Å². The van der Waals surface area contributed by atoms with Gasteiger partial charge in [0.25, 0.3) is 0 Å². The van der Waals surface area contributed by atoms with Gasteiger partial charge in [0, 0.05) is 26.1 Å². The van der Waals surface area contributed by atoms with Gasteiger partial charge in [-0.1, -0.05) is 0 Å². The van der Waals surface area contributed by atoms with E-state index in [0.29, 0.717) is 13.1 Å². The second-order valence-electron chi connectivity index (χ2n) is 5.88. The number of hydrogen-bond acceptors (Lipinski definition) is 4. The van der Waals surface area contributed by atoms with Crippen molar-refractivity contribution in [3.8, 4) is 0 Å². The first-order valence-corrected chi connectivity index (χ1v) is 7.55. The Kier molecular flexibility index (Phi) is 5.17. The van der Waals surface area contributed by atoms with Crippen LogP contribution in [0, 0.1) is 0 Å². The quantitative estimate of drug-likeness (QED) is 0.700. The maximum Gasteiger partial charge on any atom is 0.234 e. The van der Waals surface area contributed by atoms with Crippen molar-refractivity contribution in [1.29, 1.82) is 0 Å². The number of rotatable bonds is 4. The zero-order valence-electron chi connectivity index (χ0n) is 12.5. The van der Waals surface area contributed by atoms with Crippen LogP contribution in [-0.4, -0.2) is 65.8 Å². The van der Waals surface area contributed by atoms with E-state index in [2.05, 4.69) is 5.32 Å². The Labute approximate surface area is 124 Å². The van der Waals surface area contributed by atoms with Gasteiger partial charge in [0.1, 0.15) is 0 Å². The molecule has 1 atom stereocenters. The van der Waals surface area contributed by atoms with Crippen LogP contribution in [0.4, 0.5) is 0 Å². The zero-order valence-corrected chi connectivity index (χ0v) is 12.5. The summed E-state index contributed by atoms with van der Waals surface area (Å²) in [7, 11) is 0. The summed E-state index contributed by atoms with van der Waals surface area (Å²) >= 11 is 0. The number of nitrogens with one attached hydrogen (secondary N) is 1. The van der Waals surface area contributed by atoms with E-state index in [1.165, 1.54) is 0 Å². The smallest absolute Gasteiger partial charge is 0.234 e. The molecule has 0 spiro atoms. The van der Waals surface area contributed by atoms with Gasteiger partial charge in [-0.3, -0.25) is 19.3 Å². The van der Waals surface area contributed by atoms with Crippen LogP contribution in [0.25, 0.3) is 0 Å². The lowest BCUT2D eigenvalue weighted by Gasteiger charge is -2.32. The van der Waals surface area contributed by atoms with E-state index in [9.17, 15) is 14.4 Å². The second kappa shape index (κ2) is 6.89. The molecule has 0 aromatic rings. The Morgan fingerprint density at radius 1 is 1.14 bits per heavy atom. The van der Waals surface area contributed by atoms with Crippen LogP contribution < -0.4 is 11.1 Å². The third-order valence-corrected chi connectivity index (χ3v) is 4.34. The minimum absolute atomic E-state index is 0.0653. The SMILES string of the molecule is CC(=O)N1CCC(NC(=O)CN2CCCC2C(N)=O)CC1.